The van der Waals surface area contributed by atoms with Gasteiger partial charge >= 0.3 is 6.03 Å². The molecule has 1 aliphatic heterocycles. The minimum Gasteiger partial charge on any atom is -0.361 e. The fourth-order valence-electron chi connectivity index (χ4n) is 5.12. The summed E-state index contributed by atoms with van der Waals surface area (Å²) >= 11 is 0. The van der Waals surface area contributed by atoms with Crippen molar-refractivity contribution in [3.8, 4) is 5.69 Å². The predicted octanol–water partition coefficient (Wildman–Crippen LogP) is 6.51. The summed E-state index contributed by atoms with van der Waals surface area (Å²) in [6.45, 7) is 11.5. The molecule has 3 amide bonds. The van der Waals surface area contributed by atoms with E-state index in [2.05, 4.69) is 42.6 Å². The number of aryl methyl sites for hydroxylation is 2. The summed E-state index contributed by atoms with van der Waals surface area (Å²) in [4.78, 5) is 27.7. The van der Waals surface area contributed by atoms with Crippen molar-refractivity contribution in [1.29, 1.82) is 0 Å². The number of anilines is 2. The van der Waals surface area contributed by atoms with Crippen molar-refractivity contribution in [2.75, 3.05) is 23.7 Å². The topological polar surface area (TPSA) is 105 Å². The van der Waals surface area contributed by atoms with Crippen LogP contribution in [-0.2, 0) is 11.8 Å². The number of hydrogen-bond acceptors (Lipinski definition) is 5. The first kappa shape index (κ1) is 28.1. The molecule has 0 atom stereocenters. The third-order valence-electron chi connectivity index (χ3n) is 7.59. The van der Waals surface area contributed by atoms with Gasteiger partial charge in [0, 0.05) is 30.3 Å². The molecule has 0 unspecified atom stereocenters. The molecule has 214 valence electrons. The van der Waals surface area contributed by atoms with Crippen LogP contribution in [0.4, 0.5) is 16.3 Å². The Hall–Kier alpha value is -4.40. The summed E-state index contributed by atoms with van der Waals surface area (Å²) in [6, 6.07) is 17.6. The van der Waals surface area contributed by atoms with E-state index in [1.807, 2.05) is 60.4 Å². The number of hydrogen-bond donors (Lipinski definition) is 2. The largest absolute Gasteiger partial charge is 0.361 e. The van der Waals surface area contributed by atoms with E-state index >= 15 is 0 Å². The number of nitrogens with one attached hydrogen (secondary N) is 2. The zero-order valence-electron chi connectivity index (χ0n) is 24.4. The highest BCUT2D eigenvalue weighted by Gasteiger charge is 2.26. The molecule has 2 aromatic heterocycles. The Bertz CT molecular complexity index is 1520. The van der Waals surface area contributed by atoms with Crippen molar-refractivity contribution in [3.63, 3.8) is 0 Å². The summed E-state index contributed by atoms with van der Waals surface area (Å²) in [5, 5.41) is 14.5. The lowest BCUT2D eigenvalue weighted by Crippen LogP contribution is -2.39. The molecule has 41 heavy (non-hydrogen) atoms. The molecule has 0 bridgehead atoms. The predicted molar refractivity (Wildman–Crippen MR) is 160 cm³/mol. The molecule has 9 heteroatoms. The van der Waals surface area contributed by atoms with Gasteiger partial charge in [0.15, 0.2) is 0 Å². The van der Waals surface area contributed by atoms with Gasteiger partial charge in [-0.1, -0.05) is 55.8 Å². The number of aromatic nitrogens is 3. The number of carbonyl (C=O) groups is 2. The van der Waals surface area contributed by atoms with E-state index in [4.69, 9.17) is 9.62 Å². The molecular formula is C32H38N6O3. The molecular weight excluding hydrogens is 516 g/mol. The second-order valence-corrected chi connectivity index (χ2v) is 11.9. The van der Waals surface area contributed by atoms with Crippen molar-refractivity contribution in [1.82, 2.24) is 19.8 Å². The van der Waals surface area contributed by atoms with Crippen LogP contribution in [0.5, 0.6) is 0 Å². The highest BCUT2D eigenvalue weighted by molar-refractivity contribution is 5.99. The van der Waals surface area contributed by atoms with Gasteiger partial charge in [0.1, 0.15) is 17.1 Å². The maximum Gasteiger partial charge on any atom is 0.324 e. The molecule has 0 radical (unpaired) electrons. The SMILES string of the molecule is Cc1ccc(-n2nc(C(C)(C)C)cc2NC(=O)Nc2cccc(CC3CCN(C(=O)c4cnoc4C)CC3)c2)cc1. The summed E-state index contributed by atoms with van der Waals surface area (Å²) in [5.74, 6) is 1.61. The number of likely N-dealkylation sites (tertiary alicyclic amines) is 1. The Kier molecular flexibility index (Phi) is 7.97. The number of carbonyl (C=O) groups excluding carboxylic acids is 2. The lowest BCUT2D eigenvalue weighted by atomic mass is 9.90. The number of piperidine rings is 1. The smallest absolute Gasteiger partial charge is 0.324 e. The Morgan fingerprint density at radius 1 is 1.00 bits per heavy atom. The summed E-state index contributed by atoms with van der Waals surface area (Å²) in [7, 11) is 0. The fourth-order valence-corrected chi connectivity index (χ4v) is 5.12. The minimum absolute atomic E-state index is 0.0160. The lowest BCUT2D eigenvalue weighted by Gasteiger charge is -2.32. The average Bonchev–Trinajstić information content (AvgIpc) is 3.56. The fraction of sp³-hybridized carbons (Fsp3) is 0.375. The van der Waals surface area contributed by atoms with Crippen LogP contribution in [0.3, 0.4) is 0 Å². The molecule has 1 saturated heterocycles. The van der Waals surface area contributed by atoms with Crippen molar-refractivity contribution < 1.29 is 14.1 Å². The summed E-state index contributed by atoms with van der Waals surface area (Å²) < 4.78 is 6.83. The number of amides is 3. The molecule has 2 N–H and O–H groups in total. The average molecular weight is 555 g/mol. The van der Waals surface area contributed by atoms with Crippen LogP contribution in [0, 0.1) is 19.8 Å². The van der Waals surface area contributed by atoms with Gasteiger partial charge in [-0.25, -0.2) is 9.48 Å². The van der Waals surface area contributed by atoms with Crippen LogP contribution < -0.4 is 10.6 Å². The number of urea groups is 1. The van der Waals surface area contributed by atoms with Crippen LogP contribution in [-0.4, -0.2) is 44.9 Å². The third-order valence-corrected chi connectivity index (χ3v) is 7.59. The van der Waals surface area contributed by atoms with E-state index in [0.29, 0.717) is 36.1 Å². The lowest BCUT2D eigenvalue weighted by molar-refractivity contribution is 0.0688. The summed E-state index contributed by atoms with van der Waals surface area (Å²) in [6.07, 6.45) is 4.24. The minimum atomic E-state index is -0.327. The highest BCUT2D eigenvalue weighted by atomic mass is 16.5. The van der Waals surface area contributed by atoms with Gasteiger partial charge in [-0.3, -0.25) is 10.1 Å². The zero-order valence-corrected chi connectivity index (χ0v) is 24.4. The molecule has 9 nitrogen and oxygen atoms in total. The van der Waals surface area contributed by atoms with Crippen LogP contribution in [0.1, 0.15) is 66.6 Å². The van der Waals surface area contributed by atoms with E-state index in [9.17, 15) is 9.59 Å². The van der Waals surface area contributed by atoms with Gasteiger partial charge in [0.2, 0.25) is 0 Å². The quantitative estimate of drug-likeness (QED) is 0.283. The van der Waals surface area contributed by atoms with Crippen molar-refractivity contribution >= 4 is 23.4 Å². The molecule has 2 aromatic carbocycles. The molecule has 0 aliphatic carbocycles. The normalized spacial score (nSPS) is 14.2. The van der Waals surface area contributed by atoms with E-state index in [1.54, 1.807) is 11.6 Å². The van der Waals surface area contributed by atoms with Gasteiger partial charge in [0.05, 0.1) is 17.6 Å². The second kappa shape index (κ2) is 11.6. The Morgan fingerprint density at radius 2 is 1.73 bits per heavy atom. The van der Waals surface area contributed by atoms with Gasteiger partial charge in [-0.2, -0.15) is 5.10 Å². The molecule has 0 saturated carbocycles. The van der Waals surface area contributed by atoms with Gasteiger partial charge in [-0.15, -0.1) is 0 Å². The third kappa shape index (κ3) is 6.67. The van der Waals surface area contributed by atoms with Crippen LogP contribution in [0.25, 0.3) is 5.69 Å². The van der Waals surface area contributed by atoms with Crippen molar-refractivity contribution in [3.05, 3.63) is 88.9 Å². The van der Waals surface area contributed by atoms with Gasteiger partial charge < -0.3 is 14.7 Å². The molecule has 0 spiro atoms. The van der Waals surface area contributed by atoms with E-state index < -0.39 is 0 Å². The molecule has 5 rings (SSSR count). The number of benzene rings is 2. The Morgan fingerprint density at radius 3 is 2.39 bits per heavy atom. The van der Waals surface area contributed by atoms with E-state index in [-0.39, 0.29) is 17.4 Å². The van der Waals surface area contributed by atoms with Crippen molar-refractivity contribution in [2.45, 2.75) is 59.3 Å². The van der Waals surface area contributed by atoms with Crippen LogP contribution in [0.2, 0.25) is 0 Å². The van der Waals surface area contributed by atoms with Gasteiger partial charge in [-0.05, 0) is 68.9 Å². The zero-order chi connectivity index (χ0) is 29.1. The number of nitrogens with zero attached hydrogens (tertiary/aromatic N) is 4. The maximum atomic E-state index is 13.1. The Balaban J connectivity index is 1.21. The Labute approximate surface area is 240 Å². The second-order valence-electron chi connectivity index (χ2n) is 11.9. The molecule has 1 fully saturated rings. The summed E-state index contributed by atoms with van der Waals surface area (Å²) in [5.41, 5.74) is 5.18. The monoisotopic (exact) mass is 554 g/mol. The van der Waals surface area contributed by atoms with Gasteiger partial charge in [0.25, 0.3) is 5.91 Å². The number of rotatable bonds is 6. The van der Waals surface area contributed by atoms with E-state index in [0.717, 1.165) is 47.5 Å². The standard InChI is InChI=1S/C32H38N6O3/c1-21-9-11-26(12-10-21)38-29(19-28(36-38)32(3,4)5)35-31(40)34-25-8-6-7-24(18-25)17-23-13-15-37(16-14-23)30(39)27-20-33-41-22(27)2/h6-12,18-20,23H,13-17H2,1-5H3,(H2,34,35,40). The van der Waals surface area contributed by atoms with E-state index in [1.165, 1.54) is 6.20 Å². The maximum absolute atomic E-state index is 13.1. The molecule has 3 heterocycles. The molecule has 4 aromatic rings. The van der Waals surface area contributed by atoms with Crippen molar-refractivity contribution in [2.24, 2.45) is 5.92 Å². The first-order chi connectivity index (χ1) is 19.6. The van der Waals surface area contributed by atoms with Crippen LogP contribution >= 0.6 is 0 Å². The first-order valence-corrected chi connectivity index (χ1v) is 14.1. The highest BCUT2D eigenvalue weighted by Crippen LogP contribution is 2.27. The first-order valence-electron chi connectivity index (χ1n) is 14.1. The van der Waals surface area contributed by atoms with Crippen LogP contribution in [0.15, 0.2) is 65.3 Å². The molecule has 1 aliphatic rings.